The van der Waals surface area contributed by atoms with Crippen molar-refractivity contribution < 1.29 is 8.42 Å². The smallest absolute Gasteiger partial charge is 0.212 e. The van der Waals surface area contributed by atoms with Crippen LogP contribution in [0, 0.1) is 11.3 Å². The van der Waals surface area contributed by atoms with E-state index in [1.807, 2.05) is 0 Å². The minimum atomic E-state index is -3.47. The maximum Gasteiger partial charge on any atom is 0.216 e. The molecule has 1 N–H and O–H groups in total. The normalized spacial score (nSPS) is 13.1. The fourth-order valence-corrected chi connectivity index (χ4v) is 2.57. The van der Waals surface area contributed by atoms with Crippen LogP contribution >= 0.6 is 11.6 Å². The molecule has 0 radical (unpaired) electrons. The fraction of sp³-hybridized carbons (Fsp3) is 0.300. The Kier molecular flexibility index (Phi) is 4.30. The van der Waals surface area contributed by atoms with Crippen LogP contribution in [0.1, 0.15) is 12.5 Å². The van der Waals surface area contributed by atoms with Crippen LogP contribution in [0.2, 0.25) is 5.02 Å². The molecule has 0 bridgehead atoms. The van der Waals surface area contributed by atoms with E-state index in [1.165, 1.54) is 6.92 Å². The summed E-state index contributed by atoms with van der Waals surface area (Å²) < 4.78 is 25.4. The molecule has 1 aromatic rings. The van der Waals surface area contributed by atoms with Gasteiger partial charge < -0.3 is 0 Å². The zero-order valence-electron chi connectivity index (χ0n) is 8.64. The van der Waals surface area contributed by atoms with Crippen LogP contribution in [-0.4, -0.2) is 14.5 Å². The third-order valence-electron chi connectivity index (χ3n) is 1.82. The molecule has 0 fully saturated rings. The zero-order valence-corrected chi connectivity index (χ0v) is 10.2. The van der Waals surface area contributed by atoms with Crippen molar-refractivity contribution in [3.8, 4) is 6.07 Å². The van der Waals surface area contributed by atoms with Crippen molar-refractivity contribution in [1.82, 2.24) is 4.72 Å². The Morgan fingerprint density at radius 3 is 2.50 bits per heavy atom. The highest BCUT2D eigenvalue weighted by Gasteiger charge is 2.14. The van der Waals surface area contributed by atoms with E-state index in [0.29, 0.717) is 10.6 Å². The van der Waals surface area contributed by atoms with Crippen LogP contribution < -0.4 is 4.72 Å². The van der Waals surface area contributed by atoms with Crippen molar-refractivity contribution in [2.75, 3.05) is 0 Å². The largest absolute Gasteiger partial charge is 0.216 e. The first kappa shape index (κ1) is 13.0. The van der Waals surface area contributed by atoms with Crippen LogP contribution in [0.4, 0.5) is 0 Å². The Labute approximate surface area is 99.9 Å². The van der Waals surface area contributed by atoms with Crippen molar-refractivity contribution in [1.29, 1.82) is 5.26 Å². The van der Waals surface area contributed by atoms with Crippen LogP contribution in [-0.2, 0) is 15.8 Å². The number of hydrogen-bond acceptors (Lipinski definition) is 3. The van der Waals surface area contributed by atoms with Gasteiger partial charge in [-0.25, -0.2) is 8.42 Å². The van der Waals surface area contributed by atoms with Crippen LogP contribution in [0.25, 0.3) is 0 Å². The van der Waals surface area contributed by atoms with E-state index < -0.39 is 16.1 Å². The SMILES string of the molecule is CC(C#N)NS(=O)(=O)Cc1ccc(Cl)cc1. The third kappa shape index (κ3) is 4.19. The number of benzene rings is 1. The number of sulfonamides is 1. The van der Waals surface area contributed by atoms with Gasteiger partial charge in [0, 0.05) is 5.02 Å². The minimum Gasteiger partial charge on any atom is -0.212 e. The molecule has 0 aliphatic heterocycles. The Morgan fingerprint density at radius 2 is 2.00 bits per heavy atom. The van der Waals surface area contributed by atoms with E-state index in [9.17, 15) is 8.42 Å². The fourth-order valence-electron chi connectivity index (χ4n) is 1.14. The molecule has 86 valence electrons. The van der Waals surface area contributed by atoms with Gasteiger partial charge in [-0.15, -0.1) is 0 Å². The van der Waals surface area contributed by atoms with Gasteiger partial charge in [0.25, 0.3) is 0 Å². The molecule has 1 atom stereocenters. The van der Waals surface area contributed by atoms with E-state index >= 15 is 0 Å². The molecule has 0 saturated heterocycles. The van der Waals surface area contributed by atoms with Gasteiger partial charge in [-0.05, 0) is 24.6 Å². The topological polar surface area (TPSA) is 70.0 Å². The predicted molar refractivity (Wildman–Crippen MR) is 62.3 cm³/mol. The lowest BCUT2D eigenvalue weighted by Gasteiger charge is -2.07. The molecular formula is C10H11ClN2O2S. The van der Waals surface area contributed by atoms with Gasteiger partial charge in [0.2, 0.25) is 10.0 Å². The molecule has 0 aromatic heterocycles. The molecule has 0 spiro atoms. The molecule has 16 heavy (non-hydrogen) atoms. The summed E-state index contributed by atoms with van der Waals surface area (Å²) >= 11 is 5.68. The van der Waals surface area contributed by atoms with Crippen molar-refractivity contribution in [3.05, 3.63) is 34.9 Å². The third-order valence-corrected chi connectivity index (χ3v) is 3.50. The summed E-state index contributed by atoms with van der Waals surface area (Å²) in [5, 5.41) is 9.06. The van der Waals surface area contributed by atoms with E-state index in [0.717, 1.165) is 0 Å². The lowest BCUT2D eigenvalue weighted by Crippen LogP contribution is -2.32. The van der Waals surface area contributed by atoms with E-state index in [-0.39, 0.29) is 5.75 Å². The van der Waals surface area contributed by atoms with Gasteiger partial charge in [0.05, 0.1) is 11.8 Å². The molecule has 0 saturated carbocycles. The second-order valence-corrected chi connectivity index (χ2v) is 5.54. The van der Waals surface area contributed by atoms with Gasteiger partial charge >= 0.3 is 0 Å². The lowest BCUT2D eigenvalue weighted by molar-refractivity contribution is 0.576. The van der Waals surface area contributed by atoms with Crippen LogP contribution in [0.15, 0.2) is 24.3 Å². The highest BCUT2D eigenvalue weighted by Crippen LogP contribution is 2.11. The molecule has 1 rings (SSSR count). The van der Waals surface area contributed by atoms with E-state index in [2.05, 4.69) is 4.72 Å². The Bertz CT molecular complexity index is 491. The van der Waals surface area contributed by atoms with Gasteiger partial charge in [0.1, 0.15) is 6.04 Å². The summed E-state index contributed by atoms with van der Waals surface area (Å²) in [5.74, 6) is -0.157. The molecule has 6 heteroatoms. The Balaban J connectivity index is 2.74. The first-order chi connectivity index (χ1) is 7.43. The van der Waals surface area contributed by atoms with Crippen LogP contribution in [0.5, 0.6) is 0 Å². The van der Waals surface area contributed by atoms with Gasteiger partial charge in [0.15, 0.2) is 0 Å². The van der Waals surface area contributed by atoms with Gasteiger partial charge in [-0.1, -0.05) is 23.7 Å². The van der Waals surface area contributed by atoms with Crippen molar-refractivity contribution in [3.63, 3.8) is 0 Å². The number of rotatable bonds is 4. The number of nitriles is 1. The molecule has 0 aliphatic rings. The molecule has 0 amide bonds. The second kappa shape index (κ2) is 5.30. The quantitative estimate of drug-likeness (QED) is 0.893. The predicted octanol–water partition coefficient (Wildman–Crippen LogP) is 1.67. The Hall–Kier alpha value is -1.09. The number of nitrogens with zero attached hydrogens (tertiary/aromatic N) is 1. The molecule has 0 aliphatic carbocycles. The minimum absolute atomic E-state index is 0.157. The molecule has 0 heterocycles. The molecular weight excluding hydrogens is 248 g/mol. The lowest BCUT2D eigenvalue weighted by atomic mass is 10.2. The van der Waals surface area contributed by atoms with E-state index in [4.69, 9.17) is 16.9 Å². The average Bonchev–Trinajstić information content (AvgIpc) is 2.20. The second-order valence-electron chi connectivity index (χ2n) is 3.35. The van der Waals surface area contributed by atoms with Gasteiger partial charge in [-0.3, -0.25) is 0 Å². The highest BCUT2D eigenvalue weighted by molar-refractivity contribution is 7.88. The average molecular weight is 259 g/mol. The first-order valence-corrected chi connectivity index (χ1v) is 6.60. The van der Waals surface area contributed by atoms with Crippen molar-refractivity contribution >= 4 is 21.6 Å². The number of nitrogens with one attached hydrogen (secondary N) is 1. The molecule has 1 unspecified atom stereocenters. The summed E-state index contributed by atoms with van der Waals surface area (Å²) in [6.07, 6.45) is 0. The first-order valence-electron chi connectivity index (χ1n) is 4.57. The highest BCUT2D eigenvalue weighted by atomic mass is 35.5. The van der Waals surface area contributed by atoms with Crippen molar-refractivity contribution in [2.45, 2.75) is 18.7 Å². The maximum atomic E-state index is 11.6. The van der Waals surface area contributed by atoms with Crippen LogP contribution in [0.3, 0.4) is 0 Å². The monoisotopic (exact) mass is 258 g/mol. The zero-order chi connectivity index (χ0) is 12.2. The Morgan fingerprint density at radius 1 is 1.44 bits per heavy atom. The summed E-state index contributed by atoms with van der Waals surface area (Å²) in [7, 11) is -3.47. The summed E-state index contributed by atoms with van der Waals surface area (Å²) in [6, 6.07) is 7.61. The number of halogens is 1. The molecule has 4 nitrogen and oxygen atoms in total. The van der Waals surface area contributed by atoms with E-state index in [1.54, 1.807) is 30.3 Å². The summed E-state index contributed by atoms with van der Waals surface area (Å²) in [6.45, 7) is 1.49. The summed E-state index contributed by atoms with van der Waals surface area (Å²) in [4.78, 5) is 0. The van der Waals surface area contributed by atoms with Gasteiger partial charge in [-0.2, -0.15) is 9.98 Å². The summed E-state index contributed by atoms with van der Waals surface area (Å²) in [5.41, 5.74) is 0.627. The number of hydrogen-bond donors (Lipinski definition) is 1. The molecule has 1 aromatic carbocycles. The van der Waals surface area contributed by atoms with Crippen molar-refractivity contribution in [2.24, 2.45) is 0 Å². The standard InChI is InChI=1S/C10H11ClN2O2S/c1-8(6-12)13-16(14,15)7-9-2-4-10(11)5-3-9/h2-5,8,13H,7H2,1H3. The maximum absolute atomic E-state index is 11.6.